The largest absolute Gasteiger partial charge is 0.512 e. The van der Waals surface area contributed by atoms with Gasteiger partial charge in [-0.1, -0.05) is 124 Å². The molecule has 49 heavy (non-hydrogen) atoms. The minimum Gasteiger partial charge on any atom is -0.512 e. The summed E-state index contributed by atoms with van der Waals surface area (Å²) < 4.78 is 1.28. The zero-order valence-corrected chi connectivity index (χ0v) is 34.7. The van der Waals surface area contributed by atoms with E-state index in [-0.39, 0.29) is 47.9 Å². The van der Waals surface area contributed by atoms with Crippen molar-refractivity contribution < 1.29 is 30.0 Å². The fraction of sp³-hybridized carbons (Fsp3) is 0.455. The van der Waals surface area contributed by atoms with E-state index >= 15 is 0 Å². The standard InChI is InChI=1S/C29H28NS.C15H28O2.Ir/c1-18(2)14-21-17-24-23-12-8-9-13-26(23)30-27(28(24)31-21)20-15-19-10-6-7-11-22(19)25(16-20)29(3,4)5;1-7-14(5,8-2)12(16)11-13(17)15(6,9-3)10-4;/h6-13,16-18H,14H2,1-5H3;11,16H,7-10H2,1-6H3;/q-1;;/b;12-11-;. The number of aliphatic hydroxyl groups is 1. The molecule has 0 atom stereocenters. The third-order valence-electron chi connectivity index (χ3n) is 10.5. The summed E-state index contributed by atoms with van der Waals surface area (Å²) in [5.74, 6) is 0.921. The van der Waals surface area contributed by atoms with Crippen molar-refractivity contribution in [3.05, 3.63) is 89.0 Å². The number of benzene rings is 3. The Bertz CT molecular complexity index is 1920. The molecule has 1 N–H and O–H groups in total. The van der Waals surface area contributed by atoms with E-state index in [2.05, 4.69) is 101 Å². The van der Waals surface area contributed by atoms with Crippen molar-refractivity contribution in [3.63, 3.8) is 0 Å². The zero-order chi connectivity index (χ0) is 35.4. The molecule has 0 bridgehead atoms. The average molecular weight is 855 g/mol. The van der Waals surface area contributed by atoms with Crippen molar-refractivity contribution in [3.8, 4) is 11.3 Å². The molecule has 5 rings (SSSR count). The molecule has 0 spiro atoms. The summed E-state index contributed by atoms with van der Waals surface area (Å²) in [6, 6.07) is 25.5. The van der Waals surface area contributed by atoms with Gasteiger partial charge >= 0.3 is 0 Å². The van der Waals surface area contributed by atoms with Gasteiger partial charge in [0.1, 0.15) is 5.76 Å². The molecule has 0 amide bonds. The van der Waals surface area contributed by atoms with Gasteiger partial charge in [-0.25, -0.2) is 0 Å². The number of allylic oxidation sites excluding steroid dienone is 2. The van der Waals surface area contributed by atoms with Crippen molar-refractivity contribution in [1.82, 2.24) is 4.98 Å². The number of nitrogens with zero attached hydrogens (tertiary/aromatic N) is 1. The normalized spacial score (nSPS) is 12.7. The molecule has 2 heterocycles. The fourth-order valence-electron chi connectivity index (χ4n) is 6.14. The summed E-state index contributed by atoms with van der Waals surface area (Å²) in [5, 5.41) is 15.1. The minimum absolute atomic E-state index is 0. The second-order valence-corrected chi connectivity index (χ2v) is 16.5. The predicted octanol–water partition coefficient (Wildman–Crippen LogP) is 13.2. The van der Waals surface area contributed by atoms with Crippen LogP contribution in [0, 0.1) is 22.8 Å². The molecule has 5 heteroatoms. The van der Waals surface area contributed by atoms with E-state index in [1.54, 1.807) is 0 Å². The first kappa shape index (κ1) is 40.6. The molecule has 2 aromatic heterocycles. The van der Waals surface area contributed by atoms with Gasteiger partial charge in [0, 0.05) is 57.7 Å². The minimum atomic E-state index is -0.337. The first-order valence-corrected chi connectivity index (χ1v) is 18.6. The molecule has 0 aliphatic rings. The first-order chi connectivity index (χ1) is 22.6. The van der Waals surface area contributed by atoms with Gasteiger partial charge in [0.15, 0.2) is 5.78 Å². The predicted molar refractivity (Wildman–Crippen MR) is 209 cm³/mol. The van der Waals surface area contributed by atoms with Crippen LogP contribution in [0.3, 0.4) is 0 Å². The summed E-state index contributed by atoms with van der Waals surface area (Å²) in [6.45, 7) is 23.5. The molecule has 1 radical (unpaired) electrons. The van der Waals surface area contributed by atoms with Crippen LogP contribution in [0.25, 0.3) is 43.0 Å². The number of hydrogen-bond acceptors (Lipinski definition) is 4. The van der Waals surface area contributed by atoms with Crippen LogP contribution in [0.1, 0.15) is 112 Å². The molecule has 0 saturated carbocycles. The molecule has 0 saturated heterocycles. The van der Waals surface area contributed by atoms with Crippen LogP contribution >= 0.6 is 11.3 Å². The van der Waals surface area contributed by atoms with Crippen LogP contribution in [0.2, 0.25) is 0 Å². The third kappa shape index (κ3) is 8.91. The van der Waals surface area contributed by atoms with Crippen LogP contribution in [0.4, 0.5) is 0 Å². The van der Waals surface area contributed by atoms with Gasteiger partial charge in [0.2, 0.25) is 0 Å². The number of pyridine rings is 1. The maximum atomic E-state index is 12.2. The Morgan fingerprint density at radius 3 is 1.98 bits per heavy atom. The van der Waals surface area contributed by atoms with E-state index in [9.17, 15) is 9.90 Å². The fourth-order valence-corrected chi connectivity index (χ4v) is 7.52. The van der Waals surface area contributed by atoms with Crippen molar-refractivity contribution >= 4 is 48.9 Å². The summed E-state index contributed by atoms with van der Waals surface area (Å²) in [4.78, 5) is 18.8. The van der Waals surface area contributed by atoms with Gasteiger partial charge in [0.05, 0.1) is 5.52 Å². The van der Waals surface area contributed by atoms with E-state index in [1.165, 1.54) is 37.4 Å². The van der Waals surface area contributed by atoms with Crippen LogP contribution < -0.4 is 0 Å². The van der Waals surface area contributed by atoms with Crippen molar-refractivity contribution in [1.29, 1.82) is 0 Å². The molecule has 0 aliphatic carbocycles. The number of para-hydroxylation sites is 1. The smallest absolute Gasteiger partial charge is 0.164 e. The topological polar surface area (TPSA) is 50.2 Å². The van der Waals surface area contributed by atoms with Gasteiger partial charge in [-0.15, -0.1) is 40.5 Å². The third-order valence-corrected chi connectivity index (χ3v) is 11.6. The Morgan fingerprint density at radius 1 is 0.837 bits per heavy atom. The average Bonchev–Trinajstić information content (AvgIpc) is 3.49. The van der Waals surface area contributed by atoms with Crippen LogP contribution in [0.15, 0.2) is 72.5 Å². The van der Waals surface area contributed by atoms with E-state index < -0.39 is 0 Å². The molecule has 265 valence electrons. The summed E-state index contributed by atoms with van der Waals surface area (Å²) in [7, 11) is 0. The van der Waals surface area contributed by atoms with Crippen LogP contribution in [0.5, 0.6) is 0 Å². The summed E-state index contributed by atoms with van der Waals surface area (Å²) in [5.41, 5.74) is 3.99. The Balaban J connectivity index is 0.000000312. The molecular formula is C44H56IrNO2S-. The maximum Gasteiger partial charge on any atom is 0.164 e. The molecule has 0 unspecified atom stereocenters. The molecule has 5 aromatic rings. The van der Waals surface area contributed by atoms with E-state index in [0.29, 0.717) is 5.92 Å². The first-order valence-electron chi connectivity index (χ1n) is 17.8. The molecule has 0 fully saturated rings. The Hall–Kier alpha value is -2.85. The number of fused-ring (bicyclic) bond motifs is 4. The number of ketones is 1. The van der Waals surface area contributed by atoms with E-state index in [4.69, 9.17) is 4.98 Å². The Labute approximate surface area is 313 Å². The number of thiophene rings is 1. The summed E-state index contributed by atoms with van der Waals surface area (Å²) >= 11 is 1.90. The van der Waals surface area contributed by atoms with Gasteiger partial charge in [0.25, 0.3) is 0 Å². The second-order valence-electron chi connectivity index (χ2n) is 15.4. The van der Waals surface area contributed by atoms with Crippen LogP contribution in [-0.4, -0.2) is 15.9 Å². The quantitative estimate of drug-likeness (QED) is 0.0865. The monoisotopic (exact) mass is 855 g/mol. The molecular weight excluding hydrogens is 799 g/mol. The molecule has 3 aromatic carbocycles. The maximum absolute atomic E-state index is 12.2. The van der Waals surface area contributed by atoms with Gasteiger partial charge in [-0.3, -0.25) is 9.78 Å². The Morgan fingerprint density at radius 2 is 1.41 bits per heavy atom. The number of aliphatic hydroxyl groups excluding tert-OH is 1. The number of hydrogen-bond donors (Lipinski definition) is 1. The van der Waals surface area contributed by atoms with Crippen molar-refractivity contribution in [2.45, 2.75) is 114 Å². The van der Waals surface area contributed by atoms with Crippen molar-refractivity contribution in [2.75, 3.05) is 0 Å². The SMILES string of the molecule is CC(C)Cc1cc2c(s1)c(-c1[c-]c3ccccc3c(C(C)(C)C)c1)nc1ccccc12.CCC(C)(CC)C(=O)/C=C(\O)C(C)(CC)CC.[Ir]. The van der Waals surface area contributed by atoms with E-state index in [1.807, 2.05) is 52.9 Å². The van der Waals surface area contributed by atoms with Gasteiger partial charge in [-0.2, -0.15) is 0 Å². The molecule has 3 nitrogen and oxygen atoms in total. The van der Waals surface area contributed by atoms with Gasteiger partial charge < -0.3 is 5.11 Å². The van der Waals surface area contributed by atoms with Crippen molar-refractivity contribution in [2.24, 2.45) is 16.7 Å². The number of rotatable bonds is 10. The number of carbonyl (C=O) groups is 1. The zero-order valence-electron chi connectivity index (χ0n) is 31.5. The van der Waals surface area contributed by atoms with E-state index in [0.717, 1.165) is 54.3 Å². The Kier molecular flexibility index (Phi) is 13.6. The second kappa shape index (κ2) is 16.4. The number of aromatic nitrogens is 1. The number of carbonyl (C=O) groups excluding carboxylic acids is 1. The summed E-state index contributed by atoms with van der Waals surface area (Å²) in [6.07, 6.45) is 5.85. The van der Waals surface area contributed by atoms with Gasteiger partial charge in [-0.05, 0) is 61.0 Å². The molecule has 0 aliphatic heterocycles. The van der Waals surface area contributed by atoms with Crippen LogP contribution in [-0.2, 0) is 36.7 Å².